The summed E-state index contributed by atoms with van der Waals surface area (Å²) < 4.78 is 4.95. The van der Waals surface area contributed by atoms with Gasteiger partial charge in [-0.1, -0.05) is 0 Å². The van der Waals surface area contributed by atoms with Crippen molar-refractivity contribution >= 4 is 33.8 Å². The lowest BCUT2D eigenvalue weighted by Gasteiger charge is -2.08. The summed E-state index contributed by atoms with van der Waals surface area (Å²) in [6, 6.07) is 3.42. The maximum atomic E-state index is 11.1. The number of oxazole rings is 1. The van der Waals surface area contributed by atoms with E-state index in [1.54, 1.807) is 23.5 Å². The molecule has 0 aliphatic rings. The lowest BCUT2D eigenvalue weighted by molar-refractivity contribution is 0.555. The number of nitrogens with two attached hydrogens (primary N) is 1. The van der Waals surface area contributed by atoms with Gasteiger partial charge in [-0.15, -0.1) is 11.3 Å². The van der Waals surface area contributed by atoms with Crippen molar-refractivity contribution in [1.29, 1.82) is 0 Å². The van der Waals surface area contributed by atoms with Crippen LogP contribution in [0.25, 0.3) is 11.1 Å². The summed E-state index contributed by atoms with van der Waals surface area (Å²) >= 11 is 1.64. The second-order valence-electron chi connectivity index (χ2n) is 4.48. The van der Waals surface area contributed by atoms with Gasteiger partial charge in [-0.3, -0.25) is 4.98 Å². The molecule has 1 aromatic carbocycles. The van der Waals surface area contributed by atoms with E-state index in [4.69, 9.17) is 10.2 Å². The molecular weight excluding hydrogens is 276 g/mol. The minimum Gasteiger partial charge on any atom is -0.408 e. The van der Waals surface area contributed by atoms with Gasteiger partial charge in [0.1, 0.15) is 0 Å². The Labute approximate surface area is 118 Å². The number of aromatic amines is 1. The summed E-state index contributed by atoms with van der Waals surface area (Å²) in [6.45, 7) is 2.71. The maximum Gasteiger partial charge on any atom is 0.417 e. The molecule has 0 saturated carbocycles. The molecular formula is C13H14N4O2S. The van der Waals surface area contributed by atoms with Gasteiger partial charge < -0.3 is 15.5 Å². The monoisotopic (exact) mass is 290 g/mol. The largest absolute Gasteiger partial charge is 0.417 e. The molecule has 2 aromatic heterocycles. The zero-order valence-electron chi connectivity index (χ0n) is 10.9. The van der Waals surface area contributed by atoms with Crippen molar-refractivity contribution in [3.8, 4) is 0 Å². The number of benzene rings is 1. The van der Waals surface area contributed by atoms with E-state index in [1.807, 2.05) is 6.92 Å². The summed E-state index contributed by atoms with van der Waals surface area (Å²) in [5.41, 5.74) is 9.42. The number of fused-ring (bicyclic) bond motifs is 1. The topological polar surface area (TPSA) is 96.9 Å². The van der Waals surface area contributed by atoms with E-state index in [0.717, 1.165) is 29.4 Å². The number of aromatic nitrogens is 2. The molecule has 0 bridgehead atoms. The molecule has 0 atom stereocenters. The van der Waals surface area contributed by atoms with Crippen LogP contribution >= 0.6 is 11.3 Å². The number of thiazole rings is 1. The Balaban J connectivity index is 1.73. The summed E-state index contributed by atoms with van der Waals surface area (Å²) in [6.07, 6.45) is 0.823. The van der Waals surface area contributed by atoms with Crippen LogP contribution < -0.4 is 16.8 Å². The molecule has 0 saturated heterocycles. The number of aryl methyl sites for hydroxylation is 1. The molecule has 2 heterocycles. The second kappa shape index (κ2) is 5.01. The first-order valence-corrected chi connectivity index (χ1v) is 7.07. The number of anilines is 2. The van der Waals surface area contributed by atoms with Crippen molar-refractivity contribution in [3.05, 3.63) is 38.8 Å². The average Bonchev–Trinajstić information content (AvgIpc) is 2.95. The average molecular weight is 290 g/mol. The molecule has 6 nitrogen and oxygen atoms in total. The number of rotatable bonds is 4. The highest BCUT2D eigenvalue weighted by atomic mass is 32.1. The third-order valence-corrected chi connectivity index (χ3v) is 3.78. The Hall–Kier alpha value is -2.28. The van der Waals surface area contributed by atoms with Crippen LogP contribution in [0.2, 0.25) is 0 Å². The summed E-state index contributed by atoms with van der Waals surface area (Å²) in [5.74, 6) is -0.477. The molecule has 0 unspecified atom stereocenters. The fourth-order valence-electron chi connectivity index (χ4n) is 2.01. The zero-order valence-corrected chi connectivity index (χ0v) is 11.7. The molecule has 3 aromatic rings. The quantitative estimate of drug-likeness (QED) is 0.639. The van der Waals surface area contributed by atoms with Crippen LogP contribution in [0.3, 0.4) is 0 Å². The van der Waals surface area contributed by atoms with Gasteiger partial charge in [0.05, 0.1) is 27.6 Å². The predicted octanol–water partition coefficient (Wildman–Crippen LogP) is 2.12. The van der Waals surface area contributed by atoms with E-state index in [-0.39, 0.29) is 0 Å². The van der Waals surface area contributed by atoms with Crippen LogP contribution in [0.4, 0.5) is 11.4 Å². The Morgan fingerprint density at radius 1 is 1.50 bits per heavy atom. The highest BCUT2D eigenvalue weighted by Crippen LogP contribution is 2.24. The third-order valence-electron chi connectivity index (χ3n) is 2.95. The summed E-state index contributed by atoms with van der Waals surface area (Å²) in [5, 5.41) is 6.37. The SMILES string of the molecule is Cc1nc(CCNc2cc3[nH]c(=O)oc3cc2N)cs1. The van der Waals surface area contributed by atoms with Crippen molar-refractivity contribution in [2.45, 2.75) is 13.3 Å². The van der Waals surface area contributed by atoms with E-state index in [9.17, 15) is 4.79 Å². The smallest absolute Gasteiger partial charge is 0.408 e. The van der Waals surface area contributed by atoms with Gasteiger partial charge in [-0.2, -0.15) is 0 Å². The number of hydrogen-bond donors (Lipinski definition) is 3. The second-order valence-corrected chi connectivity index (χ2v) is 5.55. The van der Waals surface area contributed by atoms with Gasteiger partial charge in [0, 0.05) is 24.4 Å². The lowest BCUT2D eigenvalue weighted by Crippen LogP contribution is -2.07. The van der Waals surface area contributed by atoms with Crippen molar-refractivity contribution in [2.75, 3.05) is 17.6 Å². The van der Waals surface area contributed by atoms with Crippen LogP contribution in [0.5, 0.6) is 0 Å². The molecule has 0 amide bonds. The highest BCUT2D eigenvalue weighted by Gasteiger charge is 2.06. The van der Waals surface area contributed by atoms with Crippen LogP contribution in [0, 0.1) is 6.92 Å². The van der Waals surface area contributed by atoms with Crippen molar-refractivity contribution < 1.29 is 4.42 Å². The van der Waals surface area contributed by atoms with Gasteiger partial charge in [-0.05, 0) is 13.0 Å². The Morgan fingerprint density at radius 3 is 3.10 bits per heavy atom. The Kier molecular flexibility index (Phi) is 3.19. The maximum absolute atomic E-state index is 11.1. The van der Waals surface area contributed by atoms with E-state index < -0.39 is 5.76 Å². The summed E-state index contributed by atoms with van der Waals surface area (Å²) in [7, 11) is 0. The van der Waals surface area contributed by atoms with Crippen LogP contribution in [-0.2, 0) is 6.42 Å². The molecule has 7 heteroatoms. The molecule has 20 heavy (non-hydrogen) atoms. The molecule has 0 fully saturated rings. The minimum atomic E-state index is -0.477. The zero-order chi connectivity index (χ0) is 14.1. The van der Waals surface area contributed by atoms with E-state index in [0.29, 0.717) is 16.8 Å². The molecule has 3 rings (SSSR count). The number of hydrogen-bond acceptors (Lipinski definition) is 6. The number of nitrogens with one attached hydrogen (secondary N) is 2. The normalized spacial score (nSPS) is 11.1. The summed E-state index contributed by atoms with van der Waals surface area (Å²) in [4.78, 5) is 18.1. The van der Waals surface area contributed by atoms with Gasteiger partial charge in [-0.25, -0.2) is 9.78 Å². The molecule has 0 aliphatic carbocycles. The third kappa shape index (κ3) is 2.53. The molecule has 0 spiro atoms. The first kappa shape index (κ1) is 12.7. The molecule has 0 radical (unpaired) electrons. The van der Waals surface area contributed by atoms with Crippen molar-refractivity contribution in [2.24, 2.45) is 0 Å². The first-order valence-electron chi connectivity index (χ1n) is 6.19. The van der Waals surface area contributed by atoms with Gasteiger partial charge in [0.15, 0.2) is 5.58 Å². The molecule has 0 aliphatic heterocycles. The number of nitrogens with zero attached hydrogens (tertiary/aromatic N) is 1. The van der Waals surface area contributed by atoms with E-state index in [1.165, 1.54) is 0 Å². The van der Waals surface area contributed by atoms with Crippen molar-refractivity contribution in [1.82, 2.24) is 9.97 Å². The van der Waals surface area contributed by atoms with E-state index >= 15 is 0 Å². The van der Waals surface area contributed by atoms with Gasteiger partial charge in [0.25, 0.3) is 0 Å². The number of H-pyrrole nitrogens is 1. The van der Waals surface area contributed by atoms with Crippen LogP contribution in [0.1, 0.15) is 10.7 Å². The van der Waals surface area contributed by atoms with Gasteiger partial charge >= 0.3 is 5.76 Å². The molecule has 104 valence electrons. The Morgan fingerprint density at radius 2 is 2.35 bits per heavy atom. The minimum absolute atomic E-state index is 0.466. The van der Waals surface area contributed by atoms with Gasteiger partial charge in [0.2, 0.25) is 0 Å². The molecule has 4 N–H and O–H groups in total. The standard InChI is InChI=1S/C13H14N4O2S/c1-7-16-8(6-20-7)2-3-15-10-5-11-12(4-9(10)14)19-13(18)17-11/h4-6,15H,2-3,14H2,1H3,(H,17,18). The highest BCUT2D eigenvalue weighted by molar-refractivity contribution is 7.09. The lowest BCUT2D eigenvalue weighted by atomic mass is 10.2. The fourth-order valence-corrected chi connectivity index (χ4v) is 2.66. The van der Waals surface area contributed by atoms with E-state index in [2.05, 4.69) is 20.7 Å². The Bertz CT molecular complexity index is 802. The number of nitrogen functional groups attached to an aromatic ring is 1. The fraction of sp³-hybridized carbons (Fsp3) is 0.231. The predicted molar refractivity (Wildman–Crippen MR) is 80.3 cm³/mol. The van der Waals surface area contributed by atoms with Crippen LogP contribution in [-0.4, -0.2) is 16.5 Å². The van der Waals surface area contributed by atoms with Crippen LogP contribution in [0.15, 0.2) is 26.7 Å². The first-order chi connectivity index (χ1) is 9.61. The van der Waals surface area contributed by atoms with Crippen molar-refractivity contribution in [3.63, 3.8) is 0 Å².